The van der Waals surface area contributed by atoms with E-state index in [0.717, 1.165) is 11.1 Å². The van der Waals surface area contributed by atoms with E-state index in [9.17, 15) is 4.79 Å². The summed E-state index contributed by atoms with van der Waals surface area (Å²) >= 11 is 0. The van der Waals surface area contributed by atoms with Gasteiger partial charge in [0.1, 0.15) is 0 Å². The van der Waals surface area contributed by atoms with Gasteiger partial charge in [0.05, 0.1) is 5.69 Å². The maximum absolute atomic E-state index is 10.5. The SMILES string of the molecule is CC(C)(C)c1ccc(N=C=O)c(-c2ccccc2)c1. The van der Waals surface area contributed by atoms with E-state index in [0.29, 0.717) is 5.69 Å². The van der Waals surface area contributed by atoms with Gasteiger partial charge in [0.25, 0.3) is 0 Å². The molecular weight excluding hydrogens is 234 g/mol. The molecule has 2 aromatic rings. The van der Waals surface area contributed by atoms with Gasteiger partial charge in [0.15, 0.2) is 0 Å². The van der Waals surface area contributed by atoms with Crippen molar-refractivity contribution >= 4 is 11.8 Å². The molecule has 2 nitrogen and oxygen atoms in total. The molecule has 0 bridgehead atoms. The molecule has 2 rings (SSSR count). The van der Waals surface area contributed by atoms with Gasteiger partial charge in [-0.2, -0.15) is 4.99 Å². The number of isocyanates is 1. The second-order valence-corrected chi connectivity index (χ2v) is 5.55. The van der Waals surface area contributed by atoms with Crippen molar-refractivity contribution in [3.8, 4) is 11.1 Å². The molecule has 0 aliphatic carbocycles. The Balaban J connectivity index is 2.64. The standard InChI is InChI=1S/C17H17NO/c1-17(2,3)14-9-10-16(18-12-19)15(11-14)13-7-5-4-6-8-13/h4-11H,1-3H3. The predicted octanol–water partition coefficient (Wildman–Crippen LogP) is 4.62. The van der Waals surface area contributed by atoms with Gasteiger partial charge in [-0.1, -0.05) is 57.2 Å². The van der Waals surface area contributed by atoms with Gasteiger partial charge in [-0.3, -0.25) is 0 Å². The fraction of sp³-hybridized carbons (Fsp3) is 0.235. The molecule has 0 heterocycles. The third-order valence-electron chi connectivity index (χ3n) is 3.11. The third-order valence-corrected chi connectivity index (χ3v) is 3.11. The Labute approximate surface area is 113 Å². The molecule has 0 N–H and O–H groups in total. The largest absolute Gasteiger partial charge is 0.240 e. The van der Waals surface area contributed by atoms with Crippen molar-refractivity contribution in [2.75, 3.05) is 0 Å². The third kappa shape index (κ3) is 2.98. The molecular formula is C17H17NO. The second kappa shape index (κ2) is 5.21. The minimum absolute atomic E-state index is 0.0625. The monoisotopic (exact) mass is 251 g/mol. The smallest absolute Gasteiger partial charge is 0.211 e. The van der Waals surface area contributed by atoms with Crippen molar-refractivity contribution in [1.29, 1.82) is 0 Å². The molecule has 2 heteroatoms. The van der Waals surface area contributed by atoms with Gasteiger partial charge < -0.3 is 0 Å². The molecule has 0 atom stereocenters. The van der Waals surface area contributed by atoms with Crippen LogP contribution in [0.3, 0.4) is 0 Å². The first-order valence-corrected chi connectivity index (χ1v) is 6.30. The lowest BCUT2D eigenvalue weighted by molar-refractivity contribution is 0.565. The highest BCUT2D eigenvalue weighted by molar-refractivity contribution is 5.78. The summed E-state index contributed by atoms with van der Waals surface area (Å²) in [4.78, 5) is 14.3. The van der Waals surface area contributed by atoms with Crippen LogP contribution in [0.25, 0.3) is 11.1 Å². The van der Waals surface area contributed by atoms with Gasteiger partial charge in [0.2, 0.25) is 6.08 Å². The molecule has 0 unspecified atom stereocenters. The molecule has 0 fully saturated rings. The molecule has 96 valence electrons. The van der Waals surface area contributed by atoms with Gasteiger partial charge in [-0.05, 0) is 28.7 Å². The van der Waals surface area contributed by atoms with E-state index in [1.165, 1.54) is 5.56 Å². The van der Waals surface area contributed by atoms with Crippen LogP contribution in [0.2, 0.25) is 0 Å². The minimum Gasteiger partial charge on any atom is -0.211 e. The Morgan fingerprint density at radius 3 is 2.26 bits per heavy atom. The number of benzene rings is 2. The average Bonchev–Trinajstić information content (AvgIpc) is 2.39. The summed E-state index contributed by atoms with van der Waals surface area (Å²) in [6.07, 6.45) is 1.63. The van der Waals surface area contributed by atoms with Crippen LogP contribution >= 0.6 is 0 Å². The van der Waals surface area contributed by atoms with Crippen molar-refractivity contribution in [3.63, 3.8) is 0 Å². The number of hydrogen-bond acceptors (Lipinski definition) is 2. The average molecular weight is 251 g/mol. The van der Waals surface area contributed by atoms with Crippen LogP contribution in [0.4, 0.5) is 5.69 Å². The van der Waals surface area contributed by atoms with Crippen molar-refractivity contribution < 1.29 is 4.79 Å². The van der Waals surface area contributed by atoms with Crippen LogP contribution in [0.1, 0.15) is 26.3 Å². The van der Waals surface area contributed by atoms with Crippen LogP contribution in [0, 0.1) is 0 Å². The van der Waals surface area contributed by atoms with Crippen molar-refractivity contribution in [1.82, 2.24) is 0 Å². The highest BCUT2D eigenvalue weighted by Gasteiger charge is 2.16. The minimum atomic E-state index is 0.0625. The first-order chi connectivity index (χ1) is 9.02. The predicted molar refractivity (Wildman–Crippen MR) is 78.4 cm³/mol. The fourth-order valence-electron chi connectivity index (χ4n) is 2.00. The molecule has 0 radical (unpaired) electrons. The van der Waals surface area contributed by atoms with E-state index in [4.69, 9.17) is 0 Å². The van der Waals surface area contributed by atoms with Crippen LogP contribution in [-0.2, 0) is 10.2 Å². The van der Waals surface area contributed by atoms with E-state index < -0.39 is 0 Å². The molecule has 0 aliphatic heterocycles. The summed E-state index contributed by atoms with van der Waals surface area (Å²) in [7, 11) is 0. The Morgan fingerprint density at radius 2 is 1.68 bits per heavy atom. The van der Waals surface area contributed by atoms with Gasteiger partial charge in [-0.15, -0.1) is 0 Å². The zero-order chi connectivity index (χ0) is 13.9. The van der Waals surface area contributed by atoms with Gasteiger partial charge in [0, 0.05) is 5.56 Å². The fourth-order valence-corrected chi connectivity index (χ4v) is 2.00. The van der Waals surface area contributed by atoms with Gasteiger partial charge >= 0.3 is 0 Å². The van der Waals surface area contributed by atoms with Crippen LogP contribution in [0.5, 0.6) is 0 Å². The number of hydrogen-bond donors (Lipinski definition) is 0. The Hall–Kier alpha value is -2.18. The van der Waals surface area contributed by atoms with Crippen molar-refractivity contribution in [2.24, 2.45) is 4.99 Å². The quantitative estimate of drug-likeness (QED) is 0.565. The Kier molecular flexibility index (Phi) is 3.64. The molecule has 0 saturated carbocycles. The zero-order valence-electron chi connectivity index (χ0n) is 11.5. The maximum Gasteiger partial charge on any atom is 0.240 e. The van der Waals surface area contributed by atoms with Gasteiger partial charge in [-0.25, -0.2) is 4.79 Å². The highest BCUT2D eigenvalue weighted by atomic mass is 16.1. The number of carbonyl (C=O) groups excluding carboxylic acids is 1. The first-order valence-electron chi connectivity index (χ1n) is 6.30. The van der Waals surface area contributed by atoms with E-state index >= 15 is 0 Å². The van der Waals surface area contributed by atoms with Crippen molar-refractivity contribution in [2.45, 2.75) is 26.2 Å². The van der Waals surface area contributed by atoms with Crippen LogP contribution in [-0.4, -0.2) is 6.08 Å². The summed E-state index contributed by atoms with van der Waals surface area (Å²) in [5, 5.41) is 0. The number of aliphatic imine (C=N–C) groups is 1. The Bertz CT molecular complexity index is 617. The first kappa shape index (κ1) is 13.3. The summed E-state index contributed by atoms with van der Waals surface area (Å²) < 4.78 is 0. The molecule has 0 aromatic heterocycles. The van der Waals surface area contributed by atoms with Crippen molar-refractivity contribution in [3.05, 3.63) is 54.1 Å². The summed E-state index contributed by atoms with van der Waals surface area (Å²) in [5.74, 6) is 0. The van der Waals surface area contributed by atoms with E-state index in [1.54, 1.807) is 6.08 Å². The molecule has 0 saturated heterocycles. The molecule has 19 heavy (non-hydrogen) atoms. The van der Waals surface area contributed by atoms with E-state index in [1.807, 2.05) is 42.5 Å². The second-order valence-electron chi connectivity index (χ2n) is 5.55. The lowest BCUT2D eigenvalue weighted by Crippen LogP contribution is -2.10. The molecule has 0 spiro atoms. The Morgan fingerprint density at radius 1 is 1.00 bits per heavy atom. The molecule has 0 aliphatic rings. The summed E-state index contributed by atoms with van der Waals surface area (Å²) in [5.41, 5.74) is 3.97. The number of nitrogens with zero attached hydrogens (tertiary/aromatic N) is 1. The zero-order valence-corrected chi connectivity index (χ0v) is 11.5. The van der Waals surface area contributed by atoms with Crippen LogP contribution < -0.4 is 0 Å². The lowest BCUT2D eigenvalue weighted by Gasteiger charge is -2.20. The topological polar surface area (TPSA) is 29.4 Å². The lowest BCUT2D eigenvalue weighted by atomic mass is 9.85. The van der Waals surface area contributed by atoms with E-state index in [2.05, 4.69) is 31.8 Å². The molecule has 2 aromatic carbocycles. The summed E-state index contributed by atoms with van der Waals surface area (Å²) in [6, 6.07) is 16.0. The maximum atomic E-state index is 10.5. The molecule has 0 amide bonds. The van der Waals surface area contributed by atoms with Crippen LogP contribution in [0.15, 0.2) is 53.5 Å². The normalized spacial score (nSPS) is 10.9. The number of rotatable bonds is 2. The van der Waals surface area contributed by atoms with E-state index in [-0.39, 0.29) is 5.41 Å². The summed E-state index contributed by atoms with van der Waals surface area (Å²) in [6.45, 7) is 6.50. The highest BCUT2D eigenvalue weighted by Crippen LogP contribution is 2.34.